The van der Waals surface area contributed by atoms with Crippen LogP contribution >= 0.6 is 0 Å². The number of para-hydroxylation sites is 1. The Morgan fingerprint density at radius 2 is 2.05 bits per heavy atom. The molecule has 0 radical (unpaired) electrons. The molecule has 2 fully saturated rings. The van der Waals surface area contributed by atoms with Crippen molar-refractivity contribution in [3.63, 3.8) is 0 Å². The summed E-state index contributed by atoms with van der Waals surface area (Å²) in [6.07, 6.45) is 3.84. The summed E-state index contributed by atoms with van der Waals surface area (Å²) in [6.45, 7) is 0. The number of benzene rings is 1. The average molecular weight is 314 g/mol. The fraction of sp³-hybridized carbons (Fsp3) is 0.538. The van der Waals surface area contributed by atoms with Gasteiger partial charge in [0.1, 0.15) is 0 Å². The fourth-order valence-electron chi connectivity index (χ4n) is 3.54. The van der Waals surface area contributed by atoms with E-state index in [0.717, 1.165) is 43.9 Å². The zero-order valence-corrected chi connectivity index (χ0v) is 12.0. The van der Waals surface area contributed by atoms with Gasteiger partial charge in [-0.1, -0.05) is 12.5 Å². The largest absolute Gasteiger partial charge is 0.324 e. The Morgan fingerprint density at radius 1 is 1.29 bits per heavy atom. The van der Waals surface area contributed by atoms with Gasteiger partial charge in [0, 0.05) is 6.04 Å². The predicted octanol–water partition coefficient (Wildman–Crippen LogP) is 2.20. The molecule has 0 spiro atoms. The lowest BCUT2D eigenvalue weighted by atomic mass is 9.96. The van der Waals surface area contributed by atoms with Gasteiger partial charge in [0.2, 0.25) is 15.8 Å². The molecule has 1 aromatic carbocycles. The van der Waals surface area contributed by atoms with E-state index in [1.54, 1.807) is 0 Å². The third-order valence-corrected chi connectivity index (χ3v) is 5.99. The van der Waals surface area contributed by atoms with E-state index in [2.05, 4.69) is 4.72 Å². The summed E-state index contributed by atoms with van der Waals surface area (Å²) < 4.78 is 40.8. The minimum Gasteiger partial charge on any atom is -0.258 e. The molecule has 0 heterocycles. The summed E-state index contributed by atoms with van der Waals surface area (Å²) in [7, 11) is -4.10. The molecule has 0 aromatic heterocycles. The maximum Gasteiger partial charge on any atom is 0.324 e. The van der Waals surface area contributed by atoms with E-state index in [9.17, 15) is 22.9 Å². The molecule has 114 valence electrons. The predicted molar refractivity (Wildman–Crippen MR) is 72.6 cm³/mol. The van der Waals surface area contributed by atoms with Crippen LogP contribution < -0.4 is 4.72 Å². The Labute approximate surface area is 121 Å². The summed E-state index contributed by atoms with van der Waals surface area (Å²) in [6, 6.07) is 2.92. The van der Waals surface area contributed by atoms with Crippen molar-refractivity contribution < 1.29 is 17.7 Å². The van der Waals surface area contributed by atoms with Crippen molar-refractivity contribution in [3.8, 4) is 0 Å². The molecule has 3 atom stereocenters. The first-order valence-corrected chi connectivity index (χ1v) is 8.32. The van der Waals surface area contributed by atoms with Gasteiger partial charge in [-0.05, 0) is 43.2 Å². The average Bonchev–Trinajstić information content (AvgIpc) is 2.99. The number of hydrogen-bond donors (Lipinski definition) is 1. The molecule has 0 amide bonds. The van der Waals surface area contributed by atoms with Crippen LogP contribution in [-0.4, -0.2) is 19.4 Å². The Kier molecular flexibility index (Phi) is 3.45. The molecule has 3 rings (SSSR count). The van der Waals surface area contributed by atoms with Crippen LogP contribution in [0.25, 0.3) is 0 Å². The van der Waals surface area contributed by atoms with Gasteiger partial charge in [0.25, 0.3) is 0 Å². The van der Waals surface area contributed by atoms with Gasteiger partial charge in [0.05, 0.1) is 4.92 Å². The molecule has 6 nitrogen and oxygen atoms in total. The Balaban J connectivity index is 1.92. The van der Waals surface area contributed by atoms with E-state index in [0.29, 0.717) is 5.92 Å². The number of fused-ring (bicyclic) bond motifs is 2. The van der Waals surface area contributed by atoms with Crippen LogP contribution in [0, 0.1) is 27.8 Å². The molecule has 2 saturated carbocycles. The molecule has 21 heavy (non-hydrogen) atoms. The third kappa shape index (κ3) is 2.53. The molecule has 2 aliphatic carbocycles. The minimum absolute atomic E-state index is 0.198. The number of nitro groups is 1. The van der Waals surface area contributed by atoms with Crippen molar-refractivity contribution in [1.82, 2.24) is 4.72 Å². The van der Waals surface area contributed by atoms with Crippen LogP contribution in [0.2, 0.25) is 0 Å². The molecule has 8 heteroatoms. The Bertz CT molecular complexity index is 691. The second kappa shape index (κ2) is 5.03. The highest BCUT2D eigenvalue weighted by Gasteiger charge is 2.42. The van der Waals surface area contributed by atoms with Gasteiger partial charge >= 0.3 is 5.69 Å². The van der Waals surface area contributed by atoms with Crippen LogP contribution in [0.1, 0.15) is 25.7 Å². The van der Waals surface area contributed by atoms with E-state index < -0.39 is 31.3 Å². The first kappa shape index (κ1) is 14.4. The number of nitrogens with one attached hydrogen (secondary N) is 1. The summed E-state index contributed by atoms with van der Waals surface area (Å²) in [5.74, 6) is -0.321. The lowest BCUT2D eigenvalue weighted by molar-refractivity contribution is -0.390. The highest BCUT2D eigenvalue weighted by molar-refractivity contribution is 7.89. The Hall–Kier alpha value is -1.54. The SMILES string of the molecule is O=[N+]([O-])c1c(F)cccc1S(=O)(=O)NC1CC2CCC1C2. The minimum atomic E-state index is -4.10. The van der Waals surface area contributed by atoms with Gasteiger partial charge < -0.3 is 0 Å². The van der Waals surface area contributed by atoms with Gasteiger partial charge in [-0.25, -0.2) is 13.1 Å². The summed E-state index contributed by atoms with van der Waals surface area (Å²) in [5.41, 5.74) is -0.992. The van der Waals surface area contributed by atoms with Gasteiger partial charge in [-0.15, -0.1) is 0 Å². The molecule has 2 bridgehead atoms. The fourth-order valence-corrected chi connectivity index (χ4v) is 5.04. The van der Waals surface area contributed by atoms with Crippen molar-refractivity contribution in [2.75, 3.05) is 0 Å². The molecule has 0 saturated heterocycles. The molecule has 1 aromatic rings. The van der Waals surface area contributed by atoms with E-state index >= 15 is 0 Å². The monoisotopic (exact) mass is 314 g/mol. The van der Waals surface area contributed by atoms with Crippen LogP contribution in [-0.2, 0) is 10.0 Å². The molecular weight excluding hydrogens is 299 g/mol. The second-order valence-corrected chi connectivity index (χ2v) is 7.43. The Morgan fingerprint density at radius 3 is 2.62 bits per heavy atom. The molecule has 0 aliphatic heterocycles. The van der Waals surface area contributed by atoms with Gasteiger partial charge in [-0.3, -0.25) is 10.1 Å². The molecule has 3 unspecified atom stereocenters. The number of sulfonamides is 1. The number of nitrogens with zero attached hydrogens (tertiary/aromatic N) is 1. The first-order valence-electron chi connectivity index (χ1n) is 6.83. The first-order chi connectivity index (χ1) is 9.88. The maximum atomic E-state index is 13.6. The highest BCUT2D eigenvalue weighted by atomic mass is 32.2. The molecule has 2 aliphatic rings. The number of nitro benzene ring substituents is 1. The number of rotatable bonds is 4. The van der Waals surface area contributed by atoms with Gasteiger partial charge in [0.15, 0.2) is 4.90 Å². The highest BCUT2D eigenvalue weighted by Crippen LogP contribution is 2.45. The van der Waals surface area contributed by atoms with Crippen molar-refractivity contribution in [2.45, 2.75) is 36.6 Å². The second-order valence-electron chi connectivity index (χ2n) is 5.75. The lowest BCUT2D eigenvalue weighted by Gasteiger charge is -2.22. The zero-order valence-electron chi connectivity index (χ0n) is 11.2. The van der Waals surface area contributed by atoms with Crippen LogP contribution in [0.3, 0.4) is 0 Å². The quantitative estimate of drug-likeness (QED) is 0.681. The molecule has 1 N–H and O–H groups in total. The van der Waals surface area contributed by atoms with E-state index in [1.807, 2.05) is 0 Å². The van der Waals surface area contributed by atoms with Crippen molar-refractivity contribution in [3.05, 3.63) is 34.1 Å². The van der Waals surface area contributed by atoms with Crippen LogP contribution in [0.4, 0.5) is 10.1 Å². The zero-order chi connectivity index (χ0) is 15.2. The summed E-state index contributed by atoms with van der Waals surface area (Å²) >= 11 is 0. The lowest BCUT2D eigenvalue weighted by Crippen LogP contribution is -2.38. The number of halogens is 1. The smallest absolute Gasteiger partial charge is 0.258 e. The van der Waals surface area contributed by atoms with Crippen LogP contribution in [0.15, 0.2) is 23.1 Å². The van der Waals surface area contributed by atoms with Crippen molar-refractivity contribution in [2.24, 2.45) is 11.8 Å². The number of hydrogen-bond acceptors (Lipinski definition) is 4. The standard InChI is InChI=1S/C13H15FN2O4S/c14-10-2-1-3-12(13(10)16(17)18)21(19,20)15-11-7-8-4-5-9(11)6-8/h1-3,8-9,11,15H,4-7H2. The van der Waals surface area contributed by atoms with Crippen molar-refractivity contribution >= 4 is 15.7 Å². The van der Waals surface area contributed by atoms with Crippen LogP contribution in [0.5, 0.6) is 0 Å². The summed E-state index contributed by atoms with van der Waals surface area (Å²) in [4.78, 5) is 9.33. The maximum absolute atomic E-state index is 13.6. The van der Waals surface area contributed by atoms with E-state index in [1.165, 1.54) is 0 Å². The normalized spacial score (nSPS) is 28.0. The topological polar surface area (TPSA) is 89.3 Å². The molecular formula is C13H15FN2O4S. The van der Waals surface area contributed by atoms with E-state index in [-0.39, 0.29) is 12.0 Å². The van der Waals surface area contributed by atoms with Crippen molar-refractivity contribution in [1.29, 1.82) is 0 Å². The van der Waals surface area contributed by atoms with Gasteiger partial charge in [-0.2, -0.15) is 4.39 Å². The third-order valence-electron chi connectivity index (χ3n) is 4.47. The van der Waals surface area contributed by atoms with E-state index in [4.69, 9.17) is 0 Å². The summed E-state index contributed by atoms with van der Waals surface area (Å²) in [5, 5.41) is 10.9.